The number of ketones is 1. The van der Waals surface area contributed by atoms with Crippen molar-refractivity contribution in [3.63, 3.8) is 0 Å². The Balaban J connectivity index is 2.44. The first-order valence-electron chi connectivity index (χ1n) is 4.91. The van der Waals surface area contributed by atoms with Gasteiger partial charge in [-0.25, -0.2) is 4.79 Å². The molecule has 0 radical (unpaired) electrons. The average molecular weight is 253 g/mol. The number of carbonyl (C=O) groups excluding carboxylic acids is 2. The second-order valence-electron chi connectivity index (χ2n) is 3.66. The van der Waals surface area contributed by atoms with Crippen LogP contribution >= 0.6 is 11.6 Å². The highest BCUT2D eigenvalue weighted by atomic mass is 35.5. The van der Waals surface area contributed by atoms with Crippen LogP contribution in [0.25, 0.3) is 0 Å². The fraction of sp³-hybridized carbons (Fsp3) is 0.167. The summed E-state index contributed by atoms with van der Waals surface area (Å²) in [7, 11) is 0. The minimum Gasteiger partial charge on any atom is -0.501 e. The lowest BCUT2D eigenvalue weighted by Crippen LogP contribution is -2.07. The monoisotopic (exact) mass is 252 g/mol. The molecule has 17 heavy (non-hydrogen) atoms. The Hall–Kier alpha value is -1.81. The summed E-state index contributed by atoms with van der Waals surface area (Å²) >= 11 is 5.74. The molecule has 0 aliphatic carbocycles. The van der Waals surface area contributed by atoms with E-state index >= 15 is 0 Å². The van der Waals surface area contributed by atoms with Crippen molar-refractivity contribution in [2.75, 3.05) is 0 Å². The van der Waals surface area contributed by atoms with Gasteiger partial charge in [0, 0.05) is 5.02 Å². The smallest absolute Gasteiger partial charge is 0.374 e. The highest BCUT2D eigenvalue weighted by Crippen LogP contribution is 2.34. The molecule has 0 bridgehead atoms. The molecule has 1 N–H and O–H groups in total. The number of cyclic esters (lactones) is 1. The number of ether oxygens (including phenoxy) is 1. The van der Waals surface area contributed by atoms with E-state index in [-0.39, 0.29) is 5.57 Å². The van der Waals surface area contributed by atoms with Crippen LogP contribution in [0.1, 0.15) is 18.6 Å². The van der Waals surface area contributed by atoms with Crippen LogP contribution in [0.3, 0.4) is 0 Å². The SMILES string of the molecule is CC(=O)C1=C(O)C(=O)O[C@@H]1c1ccc(Cl)cc1. The first-order chi connectivity index (χ1) is 8.00. The van der Waals surface area contributed by atoms with Crippen LogP contribution in [-0.2, 0) is 14.3 Å². The van der Waals surface area contributed by atoms with Crippen LogP contribution in [0.5, 0.6) is 0 Å². The van der Waals surface area contributed by atoms with Crippen molar-refractivity contribution in [3.05, 3.63) is 46.2 Å². The van der Waals surface area contributed by atoms with E-state index in [9.17, 15) is 14.7 Å². The third-order valence-corrected chi connectivity index (χ3v) is 2.74. The zero-order valence-electron chi connectivity index (χ0n) is 8.94. The molecule has 2 rings (SSSR count). The van der Waals surface area contributed by atoms with Crippen molar-refractivity contribution < 1.29 is 19.4 Å². The van der Waals surface area contributed by atoms with Crippen molar-refractivity contribution in [2.45, 2.75) is 13.0 Å². The molecule has 0 saturated heterocycles. The Morgan fingerprint density at radius 3 is 2.47 bits per heavy atom. The standard InChI is InChI=1S/C12H9ClO4/c1-6(14)9-10(15)12(16)17-11(9)7-2-4-8(13)5-3-7/h2-5,11,15H,1H3/t11-/m1/s1. The molecule has 1 heterocycles. The number of rotatable bonds is 2. The van der Waals surface area contributed by atoms with E-state index in [4.69, 9.17) is 16.3 Å². The molecule has 0 unspecified atom stereocenters. The molecule has 1 aromatic rings. The molecule has 1 aliphatic heterocycles. The van der Waals surface area contributed by atoms with Gasteiger partial charge in [-0.15, -0.1) is 0 Å². The molecular formula is C12H9ClO4. The van der Waals surface area contributed by atoms with E-state index in [2.05, 4.69) is 0 Å². The van der Waals surface area contributed by atoms with Crippen LogP contribution in [0.4, 0.5) is 0 Å². The Morgan fingerprint density at radius 1 is 1.35 bits per heavy atom. The Kier molecular flexibility index (Phi) is 2.90. The highest BCUT2D eigenvalue weighted by Gasteiger charge is 2.37. The van der Waals surface area contributed by atoms with E-state index in [0.717, 1.165) is 0 Å². The number of halogens is 1. The lowest BCUT2D eigenvalue weighted by molar-refractivity contribution is -0.142. The molecule has 5 heteroatoms. The van der Waals surface area contributed by atoms with E-state index in [1.54, 1.807) is 24.3 Å². The van der Waals surface area contributed by atoms with Crippen molar-refractivity contribution in [2.24, 2.45) is 0 Å². The second-order valence-corrected chi connectivity index (χ2v) is 4.09. The zero-order chi connectivity index (χ0) is 12.6. The van der Waals surface area contributed by atoms with Gasteiger partial charge in [0.05, 0.1) is 5.57 Å². The molecule has 1 atom stereocenters. The summed E-state index contributed by atoms with van der Waals surface area (Å²) in [6, 6.07) is 6.53. The van der Waals surface area contributed by atoms with Gasteiger partial charge in [0.25, 0.3) is 0 Å². The van der Waals surface area contributed by atoms with Gasteiger partial charge in [-0.3, -0.25) is 4.79 Å². The molecule has 0 saturated carbocycles. The first-order valence-corrected chi connectivity index (χ1v) is 5.29. The van der Waals surface area contributed by atoms with E-state index in [1.807, 2.05) is 0 Å². The molecule has 0 spiro atoms. The number of hydrogen-bond acceptors (Lipinski definition) is 4. The van der Waals surface area contributed by atoms with Crippen LogP contribution in [0.15, 0.2) is 35.6 Å². The topological polar surface area (TPSA) is 63.6 Å². The third kappa shape index (κ3) is 2.03. The van der Waals surface area contributed by atoms with Crippen molar-refractivity contribution >= 4 is 23.4 Å². The van der Waals surface area contributed by atoms with Gasteiger partial charge < -0.3 is 9.84 Å². The van der Waals surface area contributed by atoms with Crippen molar-refractivity contribution in [1.29, 1.82) is 0 Å². The fourth-order valence-electron chi connectivity index (χ4n) is 1.68. The fourth-order valence-corrected chi connectivity index (χ4v) is 1.81. The van der Waals surface area contributed by atoms with E-state index in [1.165, 1.54) is 6.92 Å². The first kappa shape index (κ1) is 11.7. The molecule has 0 aromatic heterocycles. The number of Topliss-reactive ketones (excluding diaryl/α,β-unsaturated/α-hetero) is 1. The van der Waals surface area contributed by atoms with E-state index in [0.29, 0.717) is 10.6 Å². The van der Waals surface area contributed by atoms with Crippen molar-refractivity contribution in [1.82, 2.24) is 0 Å². The second kappa shape index (κ2) is 4.22. The summed E-state index contributed by atoms with van der Waals surface area (Å²) in [5, 5.41) is 10.0. The molecule has 4 nitrogen and oxygen atoms in total. The van der Waals surface area contributed by atoms with Gasteiger partial charge in [-0.2, -0.15) is 0 Å². The van der Waals surface area contributed by atoms with Gasteiger partial charge in [0.1, 0.15) is 0 Å². The third-order valence-electron chi connectivity index (χ3n) is 2.49. The van der Waals surface area contributed by atoms with Gasteiger partial charge in [0.15, 0.2) is 11.9 Å². The minimum atomic E-state index is -0.879. The van der Waals surface area contributed by atoms with Crippen LogP contribution in [0, 0.1) is 0 Å². The maximum absolute atomic E-state index is 11.4. The van der Waals surface area contributed by atoms with Gasteiger partial charge in [-0.1, -0.05) is 23.7 Å². The molecule has 1 aromatic carbocycles. The zero-order valence-corrected chi connectivity index (χ0v) is 9.69. The Bertz CT molecular complexity index is 516. The minimum absolute atomic E-state index is 0.0164. The number of esters is 1. The number of carbonyl (C=O) groups is 2. The van der Waals surface area contributed by atoms with Crippen molar-refractivity contribution in [3.8, 4) is 0 Å². The molecule has 1 aliphatic rings. The normalized spacial score (nSPS) is 19.4. The lowest BCUT2D eigenvalue weighted by Gasteiger charge is -2.11. The Morgan fingerprint density at radius 2 is 1.94 bits per heavy atom. The summed E-state index contributed by atoms with van der Waals surface area (Å²) < 4.78 is 4.95. The summed E-state index contributed by atoms with van der Waals surface area (Å²) in [6.07, 6.45) is -0.850. The quantitative estimate of drug-likeness (QED) is 0.821. The van der Waals surface area contributed by atoms with Crippen LogP contribution in [0.2, 0.25) is 5.02 Å². The highest BCUT2D eigenvalue weighted by molar-refractivity contribution is 6.30. The van der Waals surface area contributed by atoms with Gasteiger partial charge >= 0.3 is 5.97 Å². The maximum Gasteiger partial charge on any atom is 0.374 e. The average Bonchev–Trinajstić information content (AvgIpc) is 2.56. The largest absolute Gasteiger partial charge is 0.501 e. The molecule has 0 fully saturated rings. The van der Waals surface area contributed by atoms with Crippen LogP contribution < -0.4 is 0 Å². The summed E-state index contributed by atoms with van der Waals surface area (Å²) in [5.41, 5.74) is 0.578. The summed E-state index contributed by atoms with van der Waals surface area (Å²) in [6.45, 7) is 1.27. The molecular weight excluding hydrogens is 244 g/mol. The molecule has 0 amide bonds. The van der Waals surface area contributed by atoms with Gasteiger partial charge in [-0.05, 0) is 24.6 Å². The Labute approximate surface area is 102 Å². The van der Waals surface area contributed by atoms with E-state index < -0.39 is 23.6 Å². The summed E-state index contributed by atoms with van der Waals surface area (Å²) in [4.78, 5) is 22.6. The predicted octanol–water partition coefficient (Wildman–Crippen LogP) is 2.34. The predicted molar refractivity (Wildman–Crippen MR) is 60.6 cm³/mol. The molecule has 88 valence electrons. The summed E-state index contributed by atoms with van der Waals surface area (Å²) in [5.74, 6) is -1.89. The lowest BCUT2D eigenvalue weighted by atomic mass is 9.99. The number of aliphatic hydroxyl groups is 1. The maximum atomic E-state index is 11.4. The van der Waals surface area contributed by atoms with Gasteiger partial charge in [0.2, 0.25) is 5.76 Å². The van der Waals surface area contributed by atoms with Crippen LogP contribution in [-0.4, -0.2) is 16.9 Å². The number of benzene rings is 1. The number of hydrogen-bond donors (Lipinski definition) is 1. The number of aliphatic hydroxyl groups excluding tert-OH is 1.